The molecular formula is C24H26ClN3O7S. The van der Waals surface area contributed by atoms with Crippen LogP contribution in [-0.4, -0.2) is 50.2 Å². The van der Waals surface area contributed by atoms with E-state index in [4.69, 9.17) is 20.9 Å². The number of aromatic nitrogens is 2. The molecule has 3 rings (SSSR count). The molecule has 0 spiro atoms. The molecule has 192 valence electrons. The van der Waals surface area contributed by atoms with E-state index >= 15 is 0 Å². The van der Waals surface area contributed by atoms with Crippen LogP contribution in [0.4, 0.5) is 10.6 Å². The van der Waals surface area contributed by atoms with Crippen molar-refractivity contribution in [2.75, 3.05) is 19.1 Å². The van der Waals surface area contributed by atoms with Gasteiger partial charge in [-0.25, -0.2) is 9.78 Å². The van der Waals surface area contributed by atoms with E-state index in [1.54, 1.807) is 45.9 Å². The summed E-state index contributed by atoms with van der Waals surface area (Å²) in [5.41, 5.74) is 0.395. The van der Waals surface area contributed by atoms with Crippen molar-refractivity contribution in [3.8, 4) is 11.1 Å². The number of pyridine rings is 1. The third-order valence-electron chi connectivity index (χ3n) is 4.98. The lowest BCUT2D eigenvalue weighted by Crippen LogP contribution is -2.34. The molecule has 0 saturated heterocycles. The molecule has 0 bridgehead atoms. The van der Waals surface area contributed by atoms with Gasteiger partial charge < -0.3 is 9.26 Å². The van der Waals surface area contributed by atoms with Gasteiger partial charge in [0.25, 0.3) is 10.1 Å². The van der Waals surface area contributed by atoms with E-state index in [0.29, 0.717) is 10.7 Å². The van der Waals surface area contributed by atoms with Crippen LogP contribution in [0.5, 0.6) is 0 Å². The molecule has 0 fully saturated rings. The van der Waals surface area contributed by atoms with Gasteiger partial charge in [-0.05, 0) is 64.1 Å². The Kier molecular flexibility index (Phi) is 7.87. The first-order valence-corrected chi connectivity index (χ1v) is 12.7. The van der Waals surface area contributed by atoms with Crippen LogP contribution >= 0.6 is 11.6 Å². The summed E-state index contributed by atoms with van der Waals surface area (Å²) in [5.74, 6) is -0.962. The average molecular weight is 536 g/mol. The smallest absolute Gasteiger partial charge is 0.415 e. The predicted molar refractivity (Wildman–Crippen MR) is 134 cm³/mol. The van der Waals surface area contributed by atoms with Gasteiger partial charge in [0, 0.05) is 23.2 Å². The first kappa shape index (κ1) is 27.3. The van der Waals surface area contributed by atoms with Crippen molar-refractivity contribution in [1.29, 1.82) is 0 Å². The molecule has 36 heavy (non-hydrogen) atoms. The van der Waals surface area contributed by atoms with Gasteiger partial charge in [-0.3, -0.25) is 13.9 Å². The molecule has 0 aliphatic heterocycles. The van der Waals surface area contributed by atoms with E-state index in [0.717, 1.165) is 7.11 Å². The monoisotopic (exact) mass is 535 g/mol. The van der Waals surface area contributed by atoms with Crippen LogP contribution in [-0.2, 0) is 24.8 Å². The third kappa shape index (κ3) is 6.28. The minimum Gasteiger partial charge on any atom is -0.443 e. The Morgan fingerprint density at radius 1 is 1.11 bits per heavy atom. The largest absolute Gasteiger partial charge is 0.443 e. The highest BCUT2D eigenvalue weighted by Crippen LogP contribution is 2.33. The molecule has 3 aromatic rings. The summed E-state index contributed by atoms with van der Waals surface area (Å²) < 4.78 is 39.4. The van der Waals surface area contributed by atoms with Crippen molar-refractivity contribution in [1.82, 2.24) is 10.1 Å². The van der Waals surface area contributed by atoms with Gasteiger partial charge in [-0.2, -0.15) is 8.42 Å². The van der Waals surface area contributed by atoms with Gasteiger partial charge >= 0.3 is 6.09 Å². The van der Waals surface area contributed by atoms with E-state index in [-0.39, 0.29) is 34.0 Å². The summed E-state index contributed by atoms with van der Waals surface area (Å²) in [6.07, 6.45) is -0.666. The van der Waals surface area contributed by atoms with Crippen molar-refractivity contribution in [2.45, 2.75) is 39.0 Å². The summed E-state index contributed by atoms with van der Waals surface area (Å²) in [4.78, 5) is 31.8. The van der Waals surface area contributed by atoms with Gasteiger partial charge in [-0.15, -0.1) is 0 Å². The molecule has 0 radical (unpaired) electrons. The van der Waals surface area contributed by atoms with Crippen molar-refractivity contribution in [2.24, 2.45) is 0 Å². The number of nitrogens with zero attached hydrogens (tertiary/aromatic N) is 3. The molecule has 1 amide bonds. The van der Waals surface area contributed by atoms with E-state index in [2.05, 4.69) is 14.3 Å². The van der Waals surface area contributed by atoms with E-state index in [1.165, 1.54) is 30.1 Å². The number of ketones is 1. The zero-order valence-electron chi connectivity index (χ0n) is 20.7. The van der Waals surface area contributed by atoms with Gasteiger partial charge in [-0.1, -0.05) is 16.8 Å². The minimum absolute atomic E-state index is 0.0189. The number of hydrogen-bond donors (Lipinski definition) is 0. The summed E-state index contributed by atoms with van der Waals surface area (Å²) in [6.45, 7) is 6.80. The van der Waals surface area contributed by atoms with Crippen molar-refractivity contribution < 1.29 is 31.4 Å². The van der Waals surface area contributed by atoms with Crippen LogP contribution in [0.3, 0.4) is 0 Å². The van der Waals surface area contributed by atoms with Gasteiger partial charge in [0.05, 0.1) is 18.4 Å². The fourth-order valence-corrected chi connectivity index (χ4v) is 4.01. The SMILES string of the molecule is COS(=O)(=O)Cc1onc(C)c1-c1ccc(N(C)C(=O)OC(C)(C)C)nc1C(=O)c1ccc(Cl)cc1. The molecule has 0 unspecified atom stereocenters. The molecule has 10 nitrogen and oxygen atoms in total. The number of halogens is 1. The van der Waals surface area contributed by atoms with Gasteiger partial charge in [0.2, 0.25) is 5.78 Å². The van der Waals surface area contributed by atoms with Crippen LogP contribution in [0.2, 0.25) is 5.02 Å². The number of carbonyl (C=O) groups excluding carboxylic acids is 2. The van der Waals surface area contributed by atoms with E-state index in [1.807, 2.05) is 0 Å². The van der Waals surface area contributed by atoms with E-state index in [9.17, 15) is 18.0 Å². The van der Waals surface area contributed by atoms with Crippen LogP contribution in [0, 0.1) is 6.92 Å². The summed E-state index contributed by atoms with van der Waals surface area (Å²) >= 11 is 5.97. The Labute approximate surface area is 214 Å². The maximum absolute atomic E-state index is 13.6. The number of rotatable bonds is 7. The van der Waals surface area contributed by atoms with Gasteiger partial charge in [0.15, 0.2) is 5.76 Å². The number of benzene rings is 1. The van der Waals surface area contributed by atoms with E-state index < -0.39 is 33.3 Å². The molecular weight excluding hydrogens is 510 g/mol. The third-order valence-corrected chi connectivity index (χ3v) is 6.35. The zero-order chi connectivity index (χ0) is 26.8. The summed E-state index contributed by atoms with van der Waals surface area (Å²) in [6, 6.07) is 9.26. The second kappa shape index (κ2) is 10.4. The lowest BCUT2D eigenvalue weighted by atomic mass is 9.97. The summed E-state index contributed by atoms with van der Waals surface area (Å²) in [5, 5.41) is 4.33. The number of carbonyl (C=O) groups is 2. The maximum atomic E-state index is 13.6. The second-order valence-corrected chi connectivity index (χ2v) is 11.0. The highest BCUT2D eigenvalue weighted by atomic mass is 35.5. The minimum atomic E-state index is -3.95. The summed E-state index contributed by atoms with van der Waals surface area (Å²) in [7, 11) is -1.45. The lowest BCUT2D eigenvalue weighted by Gasteiger charge is -2.24. The zero-order valence-corrected chi connectivity index (χ0v) is 22.2. The highest BCUT2D eigenvalue weighted by molar-refractivity contribution is 7.85. The normalized spacial score (nSPS) is 11.9. The van der Waals surface area contributed by atoms with Crippen LogP contribution in [0.25, 0.3) is 11.1 Å². The molecule has 2 aromatic heterocycles. The Morgan fingerprint density at radius 3 is 2.33 bits per heavy atom. The topological polar surface area (TPSA) is 129 Å². The quantitative estimate of drug-likeness (QED) is 0.310. The van der Waals surface area contributed by atoms with Crippen molar-refractivity contribution in [3.05, 3.63) is 64.1 Å². The molecule has 0 saturated carbocycles. The average Bonchev–Trinajstić information content (AvgIpc) is 3.16. The first-order valence-electron chi connectivity index (χ1n) is 10.7. The number of ether oxygens (including phenoxy) is 1. The molecule has 0 aliphatic rings. The Hall–Kier alpha value is -3.28. The predicted octanol–water partition coefficient (Wildman–Crippen LogP) is 4.78. The molecule has 2 heterocycles. The maximum Gasteiger partial charge on any atom is 0.415 e. The number of aryl methyl sites for hydroxylation is 1. The Bertz CT molecular complexity index is 1390. The second-order valence-electron chi connectivity index (χ2n) is 8.88. The molecule has 1 aromatic carbocycles. The molecule has 0 N–H and O–H groups in total. The van der Waals surface area contributed by atoms with Crippen molar-refractivity contribution in [3.63, 3.8) is 0 Å². The van der Waals surface area contributed by atoms with Crippen LogP contribution < -0.4 is 4.90 Å². The van der Waals surface area contributed by atoms with Crippen LogP contribution in [0.1, 0.15) is 48.3 Å². The Balaban J connectivity index is 2.18. The number of hydrogen-bond acceptors (Lipinski definition) is 9. The fourth-order valence-electron chi connectivity index (χ4n) is 3.25. The first-order chi connectivity index (χ1) is 16.7. The van der Waals surface area contributed by atoms with Gasteiger partial charge in [0.1, 0.15) is 22.9 Å². The highest BCUT2D eigenvalue weighted by Gasteiger charge is 2.28. The molecule has 12 heteroatoms. The fraction of sp³-hybridized carbons (Fsp3) is 0.333. The molecule has 0 atom stereocenters. The molecule has 0 aliphatic carbocycles. The number of amides is 1. The lowest BCUT2D eigenvalue weighted by molar-refractivity contribution is 0.0588. The standard InChI is InChI=1S/C24H26ClN3O7S/c1-14-20(18(35-27-14)13-36(31,32)33-6)17-11-12-19(28(5)23(30)34-24(2,3)4)26-21(17)22(29)15-7-9-16(25)10-8-15/h7-12H,13H2,1-6H3. The Morgan fingerprint density at radius 2 is 1.75 bits per heavy atom. The number of anilines is 1. The van der Waals surface area contributed by atoms with Crippen LogP contribution in [0.15, 0.2) is 40.9 Å². The van der Waals surface area contributed by atoms with Crippen molar-refractivity contribution >= 4 is 39.4 Å².